The number of hydrogen-bond acceptors (Lipinski definition) is 4. The van der Waals surface area contributed by atoms with Crippen LogP contribution in [0.2, 0.25) is 0 Å². The molecule has 2 aromatic rings. The number of pyridine rings is 1. The third kappa shape index (κ3) is 3.67. The highest BCUT2D eigenvalue weighted by molar-refractivity contribution is 6.62. The number of rotatable bonds is 4. The van der Waals surface area contributed by atoms with E-state index in [2.05, 4.69) is 71.6 Å². The molecule has 4 rings (SSSR count). The minimum atomic E-state index is -0.724. The first-order valence-corrected chi connectivity index (χ1v) is 11.2. The molecule has 2 saturated heterocycles. The Kier molecular flexibility index (Phi) is 5.49. The van der Waals surface area contributed by atoms with E-state index in [1.165, 1.54) is 11.1 Å². The van der Waals surface area contributed by atoms with Crippen LogP contribution >= 0.6 is 0 Å². The maximum absolute atomic E-state index is 13.8. The lowest BCUT2D eigenvalue weighted by Crippen LogP contribution is -2.41. The van der Waals surface area contributed by atoms with Crippen LogP contribution in [0.15, 0.2) is 24.4 Å². The zero-order chi connectivity index (χ0) is 21.8. The first-order chi connectivity index (χ1) is 14.0. The van der Waals surface area contributed by atoms with Gasteiger partial charge in [-0.2, -0.15) is 0 Å². The van der Waals surface area contributed by atoms with Gasteiger partial charge in [-0.25, -0.2) is 4.39 Å². The van der Waals surface area contributed by atoms with E-state index in [1.807, 2.05) is 6.20 Å². The highest BCUT2D eigenvalue weighted by atomic mass is 19.1. The fourth-order valence-electron chi connectivity index (χ4n) is 4.64. The van der Waals surface area contributed by atoms with Crippen LogP contribution in [0.5, 0.6) is 0 Å². The lowest BCUT2D eigenvalue weighted by molar-refractivity contribution is 0.00578. The molecule has 2 aliphatic heterocycles. The largest absolute Gasteiger partial charge is 0.494 e. The van der Waals surface area contributed by atoms with Crippen LogP contribution in [0.4, 0.5) is 4.39 Å². The van der Waals surface area contributed by atoms with Gasteiger partial charge in [0.2, 0.25) is 0 Å². The van der Waals surface area contributed by atoms with Crippen molar-refractivity contribution in [2.45, 2.75) is 84.2 Å². The number of nitrogens with zero attached hydrogens (tertiary/aromatic N) is 2. The van der Waals surface area contributed by atoms with Crippen molar-refractivity contribution in [1.82, 2.24) is 9.88 Å². The molecular weight excluding hydrogens is 378 g/mol. The summed E-state index contributed by atoms with van der Waals surface area (Å²) in [6, 6.07) is 6.43. The number of likely N-dealkylation sites (tertiary alicyclic amines) is 1. The lowest BCUT2D eigenvalue weighted by Gasteiger charge is -2.32. The highest BCUT2D eigenvalue weighted by Crippen LogP contribution is 2.38. The van der Waals surface area contributed by atoms with Crippen LogP contribution < -0.4 is 5.46 Å². The second kappa shape index (κ2) is 7.58. The Balaban J connectivity index is 1.76. The standard InChI is InChI=1S/C24H34BFN2O2/c1-15(2)22-19-12-17(25-29-23(4,5)24(6,7)30-25)8-9-21(19)27-13-20(22)16(3)28-11-10-18(26)14-28/h8-9,12-13,15-16,18H,10-11,14H2,1-7H3/t16?,18-/m1/s1. The van der Waals surface area contributed by atoms with Gasteiger partial charge in [0.05, 0.1) is 16.7 Å². The fourth-order valence-corrected chi connectivity index (χ4v) is 4.64. The topological polar surface area (TPSA) is 34.6 Å². The number of benzene rings is 1. The van der Waals surface area contributed by atoms with Crippen molar-refractivity contribution in [3.63, 3.8) is 0 Å². The molecule has 0 aliphatic carbocycles. The van der Waals surface area contributed by atoms with Crippen LogP contribution in [0, 0.1) is 0 Å². The van der Waals surface area contributed by atoms with Crippen molar-refractivity contribution in [3.8, 4) is 0 Å². The number of aromatic nitrogens is 1. The quantitative estimate of drug-likeness (QED) is 0.679. The molecular formula is C24H34BFN2O2. The van der Waals surface area contributed by atoms with E-state index < -0.39 is 13.3 Å². The monoisotopic (exact) mass is 412 g/mol. The van der Waals surface area contributed by atoms with Crippen molar-refractivity contribution in [2.24, 2.45) is 0 Å². The van der Waals surface area contributed by atoms with E-state index in [0.717, 1.165) is 22.9 Å². The van der Waals surface area contributed by atoms with Gasteiger partial charge in [0.1, 0.15) is 6.17 Å². The van der Waals surface area contributed by atoms with Crippen LogP contribution in [0.25, 0.3) is 10.9 Å². The minimum absolute atomic E-state index is 0.139. The van der Waals surface area contributed by atoms with Crippen molar-refractivity contribution in [3.05, 3.63) is 35.5 Å². The third-order valence-corrected chi connectivity index (χ3v) is 7.23. The molecule has 0 amide bonds. The van der Waals surface area contributed by atoms with Crippen LogP contribution in [0.3, 0.4) is 0 Å². The molecule has 0 spiro atoms. The van der Waals surface area contributed by atoms with Crippen LogP contribution in [-0.2, 0) is 9.31 Å². The zero-order valence-electron chi connectivity index (χ0n) is 19.3. The summed E-state index contributed by atoms with van der Waals surface area (Å²) < 4.78 is 26.4. The van der Waals surface area contributed by atoms with Crippen LogP contribution in [0.1, 0.15) is 78.0 Å². The van der Waals surface area contributed by atoms with Gasteiger partial charge in [-0.15, -0.1) is 0 Å². The van der Waals surface area contributed by atoms with E-state index >= 15 is 0 Å². The third-order valence-electron chi connectivity index (χ3n) is 7.23. The predicted octanol–water partition coefficient (Wildman–Crippen LogP) is 4.76. The average Bonchev–Trinajstić information content (AvgIpc) is 3.19. The first-order valence-electron chi connectivity index (χ1n) is 11.2. The molecule has 0 saturated carbocycles. The molecule has 4 nitrogen and oxygen atoms in total. The van der Waals surface area contributed by atoms with E-state index in [0.29, 0.717) is 18.9 Å². The molecule has 2 atom stereocenters. The average molecular weight is 412 g/mol. The summed E-state index contributed by atoms with van der Waals surface area (Å²) in [5, 5.41) is 1.14. The van der Waals surface area contributed by atoms with E-state index in [9.17, 15) is 4.39 Å². The maximum atomic E-state index is 13.8. The Bertz CT molecular complexity index is 930. The van der Waals surface area contributed by atoms with E-state index in [4.69, 9.17) is 14.3 Å². The summed E-state index contributed by atoms with van der Waals surface area (Å²) in [4.78, 5) is 6.99. The van der Waals surface area contributed by atoms with Gasteiger partial charge in [-0.3, -0.25) is 9.88 Å². The minimum Gasteiger partial charge on any atom is -0.399 e. The Hall–Kier alpha value is -1.50. The summed E-state index contributed by atoms with van der Waals surface area (Å²) >= 11 is 0. The summed E-state index contributed by atoms with van der Waals surface area (Å²) in [5.41, 5.74) is 3.71. The molecule has 6 heteroatoms. The van der Waals surface area contributed by atoms with Gasteiger partial charge in [-0.05, 0) is 69.6 Å². The van der Waals surface area contributed by atoms with Gasteiger partial charge < -0.3 is 9.31 Å². The molecule has 162 valence electrons. The van der Waals surface area contributed by atoms with E-state index in [-0.39, 0.29) is 17.2 Å². The molecule has 0 bridgehead atoms. The molecule has 2 aliphatic rings. The Labute approximate surface area is 180 Å². The molecule has 0 radical (unpaired) electrons. The fraction of sp³-hybridized carbons (Fsp3) is 0.625. The molecule has 1 aromatic carbocycles. The molecule has 2 fully saturated rings. The second-order valence-electron chi connectivity index (χ2n) is 10.2. The number of halogens is 1. The summed E-state index contributed by atoms with van der Waals surface area (Å²) in [6.45, 7) is 16.2. The van der Waals surface area contributed by atoms with Crippen molar-refractivity contribution in [1.29, 1.82) is 0 Å². The van der Waals surface area contributed by atoms with Crippen molar-refractivity contribution >= 4 is 23.5 Å². The summed E-state index contributed by atoms with van der Waals surface area (Å²) in [7, 11) is -0.397. The Morgan fingerprint density at radius 1 is 1.13 bits per heavy atom. The van der Waals surface area contributed by atoms with Crippen molar-refractivity contribution in [2.75, 3.05) is 13.1 Å². The normalized spacial score (nSPS) is 24.8. The number of fused-ring (bicyclic) bond motifs is 1. The SMILES string of the molecule is CC(C)c1c(C(C)N2CC[C@@H](F)C2)cnc2ccc(B3OC(C)(C)C(C)(C)O3)cc12. The second-order valence-corrected chi connectivity index (χ2v) is 10.2. The number of hydrogen-bond donors (Lipinski definition) is 0. The lowest BCUT2D eigenvalue weighted by atomic mass is 9.77. The first kappa shape index (κ1) is 21.7. The molecule has 1 aromatic heterocycles. The van der Waals surface area contributed by atoms with E-state index in [1.54, 1.807) is 0 Å². The number of alkyl halides is 1. The molecule has 3 heterocycles. The predicted molar refractivity (Wildman–Crippen MR) is 121 cm³/mol. The highest BCUT2D eigenvalue weighted by Gasteiger charge is 2.51. The summed E-state index contributed by atoms with van der Waals surface area (Å²) in [6.07, 6.45) is 1.88. The smallest absolute Gasteiger partial charge is 0.399 e. The van der Waals surface area contributed by atoms with Crippen molar-refractivity contribution < 1.29 is 13.7 Å². The molecule has 0 N–H and O–H groups in total. The summed E-state index contributed by atoms with van der Waals surface area (Å²) in [5.74, 6) is 0.324. The van der Waals surface area contributed by atoms with Crippen LogP contribution in [-0.4, -0.2) is 47.5 Å². The Morgan fingerprint density at radius 3 is 2.37 bits per heavy atom. The maximum Gasteiger partial charge on any atom is 0.494 e. The van der Waals surface area contributed by atoms with Gasteiger partial charge in [0.15, 0.2) is 0 Å². The van der Waals surface area contributed by atoms with Gasteiger partial charge in [0.25, 0.3) is 0 Å². The molecule has 30 heavy (non-hydrogen) atoms. The Morgan fingerprint density at radius 2 is 1.80 bits per heavy atom. The zero-order valence-corrected chi connectivity index (χ0v) is 19.3. The van der Waals surface area contributed by atoms with Gasteiger partial charge >= 0.3 is 7.12 Å². The van der Waals surface area contributed by atoms with Gasteiger partial charge in [0, 0.05) is 30.7 Å². The molecule has 1 unspecified atom stereocenters. The van der Waals surface area contributed by atoms with Gasteiger partial charge in [-0.1, -0.05) is 26.0 Å².